The van der Waals surface area contributed by atoms with Gasteiger partial charge in [0.1, 0.15) is 12.4 Å². The fraction of sp³-hybridized carbons (Fsp3) is 1.00. The zero-order valence-electron chi connectivity index (χ0n) is 15.7. The van der Waals surface area contributed by atoms with Gasteiger partial charge in [0.25, 0.3) is 0 Å². The second kappa shape index (κ2) is 7.59. The number of nitrogens with one attached hydrogen (secondary N) is 1. The Kier molecular flexibility index (Phi) is 5.88. The lowest BCUT2D eigenvalue weighted by Crippen LogP contribution is -2.40. The first-order valence-corrected chi connectivity index (χ1v) is 10.0. The van der Waals surface area contributed by atoms with Crippen molar-refractivity contribution in [3.05, 3.63) is 0 Å². The van der Waals surface area contributed by atoms with Gasteiger partial charge in [0, 0.05) is 19.1 Å². The maximum absolute atomic E-state index is 13.9. The molecule has 0 spiro atoms. The largest absolute Gasteiger partial charge is 0.381 e. The van der Waals surface area contributed by atoms with E-state index in [0.29, 0.717) is 54.6 Å². The van der Waals surface area contributed by atoms with Crippen molar-refractivity contribution in [1.82, 2.24) is 5.32 Å². The Morgan fingerprint density at radius 2 is 1.96 bits per heavy atom. The van der Waals surface area contributed by atoms with Crippen LogP contribution in [0.5, 0.6) is 0 Å². The molecule has 0 amide bonds. The zero-order valence-corrected chi connectivity index (χ0v) is 15.7. The van der Waals surface area contributed by atoms with E-state index in [1.165, 1.54) is 6.42 Å². The first-order chi connectivity index (χ1) is 11.4. The fourth-order valence-electron chi connectivity index (χ4n) is 5.83. The monoisotopic (exact) mass is 341 g/mol. The number of halogens is 1. The Morgan fingerprint density at radius 3 is 2.62 bits per heavy atom. The van der Waals surface area contributed by atoms with Crippen LogP contribution in [0.25, 0.3) is 0 Å². The summed E-state index contributed by atoms with van der Waals surface area (Å²) in [5.41, 5.74) is 0. The first-order valence-electron chi connectivity index (χ1n) is 10.0. The van der Waals surface area contributed by atoms with Gasteiger partial charge in [-0.15, -0.1) is 0 Å². The summed E-state index contributed by atoms with van der Waals surface area (Å²) in [6.45, 7) is 6.92. The van der Waals surface area contributed by atoms with Crippen molar-refractivity contribution in [1.29, 1.82) is 0 Å². The fourth-order valence-corrected chi connectivity index (χ4v) is 5.83. The summed E-state index contributed by atoms with van der Waals surface area (Å²) in [7, 11) is 1.84. The summed E-state index contributed by atoms with van der Waals surface area (Å²) in [4.78, 5) is 0. The van der Waals surface area contributed by atoms with Crippen LogP contribution in [-0.4, -0.2) is 36.8 Å². The lowest BCUT2D eigenvalue weighted by atomic mass is 9.65. The molecule has 2 N–H and O–H groups in total. The van der Waals surface area contributed by atoms with E-state index < -0.39 is 12.4 Å². The van der Waals surface area contributed by atoms with Crippen LogP contribution < -0.4 is 5.32 Å². The molecule has 4 heteroatoms. The smallest absolute Gasteiger partial charge is 0.108 e. The van der Waals surface area contributed by atoms with Crippen molar-refractivity contribution in [2.75, 3.05) is 7.11 Å². The summed E-state index contributed by atoms with van der Waals surface area (Å²) in [6.07, 6.45) is 4.72. The molecule has 1 heterocycles. The standard InChI is InChI=1S/C20H36FNO2/c1-11(2)15-8-13(12(3)7-19(15)24-4)9-17-16-10-14(21)5-6-18(16)22-20(17)23/h11-20,22-23H,5-10H2,1-4H3/t12?,13?,14?,15?,16-,17?,18?,19-,20?/m0/s1. The number of hydrogen-bond donors (Lipinski definition) is 2. The molecule has 2 saturated carbocycles. The highest BCUT2D eigenvalue weighted by atomic mass is 19.1. The second-order valence-electron chi connectivity index (χ2n) is 9.08. The third kappa shape index (κ3) is 3.66. The van der Waals surface area contributed by atoms with Gasteiger partial charge in [-0.05, 0) is 68.1 Å². The summed E-state index contributed by atoms with van der Waals surface area (Å²) in [5, 5.41) is 13.9. The van der Waals surface area contributed by atoms with Crippen LogP contribution in [0.2, 0.25) is 0 Å². The minimum atomic E-state index is -0.675. The predicted octanol–water partition coefficient (Wildman–Crippen LogP) is 3.75. The Hall–Kier alpha value is -0.190. The highest BCUT2D eigenvalue weighted by Gasteiger charge is 2.47. The SMILES string of the molecule is CO[C@H]1CC(C)C(CC2C(O)NC3CCC(F)C[C@H]32)CC1C(C)C. The van der Waals surface area contributed by atoms with Gasteiger partial charge in [0.05, 0.1) is 6.10 Å². The number of fused-ring (bicyclic) bond motifs is 1. The Labute approximate surface area is 146 Å². The van der Waals surface area contributed by atoms with Crippen molar-refractivity contribution in [2.45, 2.75) is 83.8 Å². The van der Waals surface area contributed by atoms with Crippen molar-refractivity contribution in [3.8, 4) is 0 Å². The summed E-state index contributed by atoms with van der Waals surface area (Å²) < 4.78 is 19.7. The van der Waals surface area contributed by atoms with Crippen molar-refractivity contribution in [3.63, 3.8) is 0 Å². The average molecular weight is 342 g/mol. The summed E-state index contributed by atoms with van der Waals surface area (Å²) in [6, 6.07) is 0.323. The molecule has 0 aromatic rings. The van der Waals surface area contributed by atoms with Gasteiger partial charge in [0.2, 0.25) is 0 Å². The molecule has 0 aromatic heterocycles. The van der Waals surface area contributed by atoms with E-state index in [4.69, 9.17) is 4.74 Å². The van der Waals surface area contributed by atoms with E-state index in [-0.39, 0.29) is 5.92 Å². The zero-order chi connectivity index (χ0) is 17.4. The van der Waals surface area contributed by atoms with E-state index in [2.05, 4.69) is 26.1 Å². The van der Waals surface area contributed by atoms with Crippen molar-refractivity contribution < 1.29 is 14.2 Å². The Morgan fingerprint density at radius 1 is 1.21 bits per heavy atom. The number of aliphatic hydroxyl groups excluding tert-OH is 1. The minimum absolute atomic E-state index is 0.216. The lowest BCUT2D eigenvalue weighted by molar-refractivity contribution is -0.0413. The molecule has 3 nitrogen and oxygen atoms in total. The van der Waals surface area contributed by atoms with Crippen molar-refractivity contribution >= 4 is 0 Å². The number of methoxy groups -OCH3 is 1. The highest BCUT2D eigenvalue weighted by molar-refractivity contribution is 4.99. The Bertz CT molecular complexity index is 418. The third-order valence-corrected chi connectivity index (χ3v) is 7.37. The quantitative estimate of drug-likeness (QED) is 0.818. The molecule has 24 heavy (non-hydrogen) atoms. The number of hydrogen-bond acceptors (Lipinski definition) is 3. The number of aliphatic hydroxyl groups is 1. The Balaban J connectivity index is 1.67. The van der Waals surface area contributed by atoms with Crippen LogP contribution in [0.4, 0.5) is 4.39 Å². The molecule has 1 aliphatic heterocycles. The van der Waals surface area contributed by atoms with Crippen LogP contribution in [0.3, 0.4) is 0 Å². The molecule has 0 radical (unpaired) electrons. The summed E-state index contributed by atoms with van der Waals surface area (Å²) in [5.74, 6) is 2.97. The molecule has 1 saturated heterocycles. The van der Waals surface area contributed by atoms with Crippen LogP contribution in [-0.2, 0) is 4.74 Å². The molecule has 3 rings (SSSR count). The van der Waals surface area contributed by atoms with Gasteiger partial charge >= 0.3 is 0 Å². The predicted molar refractivity (Wildman–Crippen MR) is 94.3 cm³/mol. The lowest BCUT2D eigenvalue weighted by Gasteiger charge is -2.43. The van der Waals surface area contributed by atoms with Gasteiger partial charge in [0.15, 0.2) is 0 Å². The van der Waals surface area contributed by atoms with Gasteiger partial charge in [-0.3, -0.25) is 5.32 Å². The number of rotatable bonds is 4. The van der Waals surface area contributed by atoms with Crippen LogP contribution in [0.1, 0.15) is 59.3 Å². The second-order valence-corrected chi connectivity index (χ2v) is 9.08. The average Bonchev–Trinajstić information content (AvgIpc) is 2.84. The third-order valence-electron chi connectivity index (χ3n) is 7.37. The maximum Gasteiger partial charge on any atom is 0.108 e. The van der Waals surface area contributed by atoms with E-state index in [1.807, 2.05) is 7.11 Å². The van der Waals surface area contributed by atoms with Crippen LogP contribution in [0, 0.1) is 35.5 Å². The molecule has 9 atom stereocenters. The topological polar surface area (TPSA) is 41.5 Å². The molecule has 3 fully saturated rings. The van der Waals surface area contributed by atoms with E-state index in [1.54, 1.807) is 0 Å². The van der Waals surface area contributed by atoms with Crippen LogP contribution >= 0.6 is 0 Å². The molecule has 0 bridgehead atoms. The highest BCUT2D eigenvalue weighted by Crippen LogP contribution is 2.46. The van der Waals surface area contributed by atoms with Gasteiger partial charge in [-0.25, -0.2) is 4.39 Å². The molecule has 7 unspecified atom stereocenters. The molecular formula is C20H36FNO2. The molecule has 0 aromatic carbocycles. The van der Waals surface area contributed by atoms with Gasteiger partial charge in [-0.2, -0.15) is 0 Å². The first kappa shape index (κ1) is 18.6. The van der Waals surface area contributed by atoms with Gasteiger partial charge < -0.3 is 9.84 Å². The van der Waals surface area contributed by atoms with Crippen molar-refractivity contribution in [2.24, 2.45) is 35.5 Å². The normalized spacial score (nSPS) is 49.4. The molecule has 2 aliphatic carbocycles. The minimum Gasteiger partial charge on any atom is -0.381 e. The molecular weight excluding hydrogens is 305 g/mol. The van der Waals surface area contributed by atoms with E-state index in [0.717, 1.165) is 19.3 Å². The number of ether oxygens (including phenoxy) is 1. The van der Waals surface area contributed by atoms with Gasteiger partial charge in [-0.1, -0.05) is 20.8 Å². The van der Waals surface area contributed by atoms with E-state index in [9.17, 15) is 9.50 Å². The maximum atomic E-state index is 13.9. The summed E-state index contributed by atoms with van der Waals surface area (Å²) >= 11 is 0. The van der Waals surface area contributed by atoms with Crippen LogP contribution in [0.15, 0.2) is 0 Å². The van der Waals surface area contributed by atoms with E-state index >= 15 is 0 Å². The number of alkyl halides is 1. The molecule has 140 valence electrons. The molecule has 3 aliphatic rings.